The number of rotatable bonds is 5. The normalized spacial score (nSPS) is 23.8. The zero-order valence-corrected chi connectivity index (χ0v) is 19.5. The highest BCUT2D eigenvalue weighted by Crippen LogP contribution is 2.52. The van der Waals surface area contributed by atoms with Gasteiger partial charge in [0.1, 0.15) is 11.1 Å². The molecule has 1 saturated carbocycles. The lowest BCUT2D eigenvalue weighted by atomic mass is 9.65. The van der Waals surface area contributed by atoms with Crippen molar-refractivity contribution in [3.63, 3.8) is 0 Å². The molecule has 4 rings (SSSR count). The van der Waals surface area contributed by atoms with E-state index >= 15 is 0 Å². The second kappa shape index (κ2) is 8.23. The molecule has 1 aliphatic heterocycles. The van der Waals surface area contributed by atoms with Crippen molar-refractivity contribution in [2.45, 2.75) is 59.5 Å². The molecule has 2 atom stereocenters. The quantitative estimate of drug-likeness (QED) is 0.779. The summed E-state index contributed by atoms with van der Waals surface area (Å²) in [6, 6.07) is 9.93. The van der Waals surface area contributed by atoms with Gasteiger partial charge < -0.3 is 14.8 Å². The molecule has 2 amide bonds. The number of fused-ring (bicyclic) bond motifs is 2. The van der Waals surface area contributed by atoms with Crippen LogP contribution in [0.5, 0.6) is 0 Å². The van der Waals surface area contributed by atoms with Gasteiger partial charge in [-0.1, -0.05) is 51.1 Å². The molecule has 6 heteroatoms. The van der Waals surface area contributed by atoms with Gasteiger partial charge in [0.2, 0.25) is 5.43 Å². The molecule has 2 aromatic rings. The van der Waals surface area contributed by atoms with Gasteiger partial charge in [-0.3, -0.25) is 14.4 Å². The topological polar surface area (TPSA) is 71.4 Å². The molecule has 1 N–H and O–H groups in total. The highest BCUT2D eigenvalue weighted by molar-refractivity contribution is 5.99. The molecule has 6 nitrogen and oxygen atoms in total. The average molecular weight is 436 g/mol. The zero-order chi connectivity index (χ0) is 23.1. The van der Waals surface area contributed by atoms with Crippen molar-refractivity contribution in [2.24, 2.45) is 10.8 Å². The van der Waals surface area contributed by atoms with E-state index in [1.54, 1.807) is 17.0 Å². The summed E-state index contributed by atoms with van der Waals surface area (Å²) < 4.78 is 1.78. The fourth-order valence-corrected chi connectivity index (χ4v) is 5.94. The van der Waals surface area contributed by atoms with Crippen LogP contribution in [-0.2, 0) is 6.54 Å². The zero-order valence-electron chi connectivity index (χ0n) is 19.5. The van der Waals surface area contributed by atoms with E-state index in [0.29, 0.717) is 19.6 Å². The monoisotopic (exact) mass is 435 g/mol. The van der Waals surface area contributed by atoms with Crippen LogP contribution >= 0.6 is 0 Å². The van der Waals surface area contributed by atoms with E-state index in [0.717, 1.165) is 24.8 Å². The Morgan fingerprint density at radius 2 is 1.75 bits per heavy atom. The minimum atomic E-state index is -0.490. The molecule has 2 aliphatic rings. The second-order valence-electron chi connectivity index (χ2n) is 10.6. The first-order valence-corrected chi connectivity index (χ1v) is 11.5. The molecule has 1 aromatic heterocycles. The van der Waals surface area contributed by atoms with Crippen molar-refractivity contribution in [2.75, 3.05) is 13.1 Å². The van der Waals surface area contributed by atoms with Crippen molar-refractivity contribution >= 4 is 11.8 Å². The number of carbonyl (C=O) groups excluding carboxylic acids is 2. The summed E-state index contributed by atoms with van der Waals surface area (Å²) in [6.45, 7) is 10.1. The van der Waals surface area contributed by atoms with Crippen LogP contribution in [0.15, 0.2) is 47.5 Å². The maximum atomic E-state index is 13.7. The lowest BCUT2D eigenvalue weighted by molar-refractivity contribution is 0.0706. The van der Waals surface area contributed by atoms with Gasteiger partial charge in [-0.2, -0.15) is 0 Å². The Hall–Kier alpha value is -2.89. The molecule has 2 heterocycles. The number of benzene rings is 1. The minimum Gasteiger partial charge on any atom is -0.352 e. The van der Waals surface area contributed by atoms with E-state index < -0.39 is 11.3 Å². The van der Waals surface area contributed by atoms with Crippen LogP contribution < -0.4 is 10.7 Å². The standard InChI is InChI=1S/C26H33N3O3/c1-5-27-23(31)20-14-28(13-18-9-7-6-8-10-18)15-21(22(20)30)24(32)29-17-26(4)12-19(29)11-25(2,3)16-26/h6-10,14-15,19H,5,11-13,16-17H2,1-4H3,(H,27,31). The first kappa shape index (κ1) is 22.3. The highest BCUT2D eigenvalue weighted by Gasteiger charge is 2.51. The van der Waals surface area contributed by atoms with Gasteiger partial charge in [0.15, 0.2) is 0 Å². The van der Waals surface area contributed by atoms with E-state index in [2.05, 4.69) is 26.1 Å². The Kier molecular flexibility index (Phi) is 5.74. The van der Waals surface area contributed by atoms with Gasteiger partial charge in [0.05, 0.1) is 0 Å². The smallest absolute Gasteiger partial charge is 0.259 e. The lowest BCUT2D eigenvalue weighted by Gasteiger charge is -2.39. The number of nitrogens with one attached hydrogen (secondary N) is 1. The first-order chi connectivity index (χ1) is 15.1. The maximum Gasteiger partial charge on any atom is 0.259 e. The number of pyridine rings is 1. The van der Waals surface area contributed by atoms with Crippen molar-refractivity contribution in [3.8, 4) is 0 Å². The Balaban J connectivity index is 1.73. The summed E-state index contributed by atoms with van der Waals surface area (Å²) in [6.07, 6.45) is 6.15. The van der Waals surface area contributed by atoms with Crippen molar-refractivity contribution < 1.29 is 9.59 Å². The average Bonchev–Trinajstić information content (AvgIpc) is 2.98. The highest BCUT2D eigenvalue weighted by atomic mass is 16.2. The van der Waals surface area contributed by atoms with Crippen LogP contribution in [0.2, 0.25) is 0 Å². The number of nitrogens with zero attached hydrogens (tertiary/aromatic N) is 2. The number of likely N-dealkylation sites (tertiary alicyclic amines) is 1. The maximum absolute atomic E-state index is 13.7. The summed E-state index contributed by atoms with van der Waals surface area (Å²) >= 11 is 0. The molecule has 0 radical (unpaired) electrons. The van der Waals surface area contributed by atoms with Gasteiger partial charge in [-0.15, -0.1) is 0 Å². The van der Waals surface area contributed by atoms with Crippen LogP contribution in [0.25, 0.3) is 0 Å². The molecule has 0 spiro atoms. The predicted octanol–water partition coefficient (Wildman–Crippen LogP) is 3.69. The molecule has 170 valence electrons. The van der Waals surface area contributed by atoms with E-state index in [1.165, 1.54) is 0 Å². The predicted molar refractivity (Wildman–Crippen MR) is 125 cm³/mol. The van der Waals surface area contributed by atoms with E-state index in [4.69, 9.17) is 0 Å². The van der Waals surface area contributed by atoms with E-state index in [-0.39, 0.29) is 33.9 Å². The summed E-state index contributed by atoms with van der Waals surface area (Å²) in [7, 11) is 0. The van der Waals surface area contributed by atoms with E-state index in [1.807, 2.05) is 42.2 Å². The summed E-state index contributed by atoms with van der Waals surface area (Å²) in [5.74, 6) is -0.698. The molecule has 1 aromatic carbocycles. The third kappa shape index (κ3) is 4.36. The van der Waals surface area contributed by atoms with E-state index in [9.17, 15) is 14.4 Å². The lowest BCUT2D eigenvalue weighted by Crippen LogP contribution is -2.41. The Labute approximate surface area is 189 Å². The third-order valence-corrected chi connectivity index (χ3v) is 6.78. The molecule has 1 aliphatic carbocycles. The van der Waals surface area contributed by atoms with Crippen LogP contribution in [0.1, 0.15) is 73.2 Å². The van der Waals surface area contributed by atoms with Crippen LogP contribution in [0.4, 0.5) is 0 Å². The number of carbonyl (C=O) groups is 2. The number of hydrogen-bond donors (Lipinski definition) is 1. The molecule has 32 heavy (non-hydrogen) atoms. The molecule has 2 unspecified atom stereocenters. The van der Waals surface area contributed by atoms with Gasteiger partial charge in [-0.05, 0) is 42.6 Å². The summed E-state index contributed by atoms with van der Waals surface area (Å²) in [5, 5.41) is 2.71. The van der Waals surface area contributed by atoms with Crippen LogP contribution in [0.3, 0.4) is 0 Å². The third-order valence-electron chi connectivity index (χ3n) is 6.78. The second-order valence-corrected chi connectivity index (χ2v) is 10.6. The molecule has 2 bridgehead atoms. The van der Waals surface area contributed by atoms with Crippen LogP contribution in [0, 0.1) is 10.8 Å². The fraction of sp³-hybridized carbons (Fsp3) is 0.500. The largest absolute Gasteiger partial charge is 0.352 e. The number of aromatic nitrogens is 1. The SMILES string of the molecule is CCNC(=O)c1cn(Cc2ccccc2)cc(C(=O)N2CC3(C)CC2CC(C)(C)C3)c1=O. The van der Waals surface area contributed by atoms with Gasteiger partial charge in [0, 0.05) is 38.1 Å². The number of hydrogen-bond acceptors (Lipinski definition) is 3. The van der Waals surface area contributed by atoms with Gasteiger partial charge in [0.25, 0.3) is 11.8 Å². The minimum absolute atomic E-state index is 0.0161. The Bertz CT molecular complexity index is 1090. The fourth-order valence-electron chi connectivity index (χ4n) is 5.94. The van der Waals surface area contributed by atoms with Gasteiger partial charge in [-0.25, -0.2) is 0 Å². The summed E-state index contributed by atoms with van der Waals surface area (Å²) in [5.41, 5.74) is 0.880. The van der Waals surface area contributed by atoms with Crippen LogP contribution in [-0.4, -0.2) is 40.4 Å². The summed E-state index contributed by atoms with van der Waals surface area (Å²) in [4.78, 5) is 41.5. The van der Waals surface area contributed by atoms with Gasteiger partial charge >= 0.3 is 0 Å². The van der Waals surface area contributed by atoms with Crippen molar-refractivity contribution in [1.29, 1.82) is 0 Å². The molecule has 2 fully saturated rings. The Morgan fingerprint density at radius 1 is 1.06 bits per heavy atom. The van der Waals surface area contributed by atoms with Crippen molar-refractivity contribution in [3.05, 3.63) is 69.6 Å². The number of amides is 2. The van der Waals surface area contributed by atoms with Crippen molar-refractivity contribution in [1.82, 2.24) is 14.8 Å². The Morgan fingerprint density at radius 3 is 2.44 bits per heavy atom. The first-order valence-electron chi connectivity index (χ1n) is 11.5. The molecule has 1 saturated heterocycles. The molecular weight excluding hydrogens is 402 g/mol. The molecular formula is C26H33N3O3.